The van der Waals surface area contributed by atoms with Gasteiger partial charge in [-0.3, -0.25) is 4.79 Å². The van der Waals surface area contributed by atoms with E-state index in [2.05, 4.69) is 10.2 Å². The van der Waals surface area contributed by atoms with Gasteiger partial charge in [-0.15, -0.1) is 0 Å². The summed E-state index contributed by atoms with van der Waals surface area (Å²) in [5.74, 6) is -0.724. The Morgan fingerprint density at radius 1 is 1.33 bits per heavy atom. The van der Waals surface area contributed by atoms with Crippen molar-refractivity contribution in [2.45, 2.75) is 44.2 Å². The number of nitrogens with zero attached hydrogens (tertiary/aromatic N) is 1. The average Bonchev–Trinajstić information content (AvgIpc) is 2.84. The quantitative estimate of drug-likeness (QED) is 0.732. The highest BCUT2D eigenvalue weighted by Crippen LogP contribution is 2.16. The number of nitrogens with one attached hydrogen (secondary N) is 1. The molecule has 18 heavy (non-hydrogen) atoms. The molecule has 0 unspecified atom stereocenters. The van der Waals surface area contributed by atoms with Crippen molar-refractivity contribution in [2.75, 3.05) is 32.8 Å². The van der Waals surface area contributed by atoms with Crippen LogP contribution in [0.15, 0.2) is 0 Å². The zero-order chi connectivity index (χ0) is 12.8. The molecule has 0 aliphatic carbocycles. The van der Waals surface area contributed by atoms with Crippen molar-refractivity contribution in [3.63, 3.8) is 0 Å². The molecule has 2 aliphatic rings. The third-order valence-electron chi connectivity index (χ3n) is 3.85. The topological polar surface area (TPSA) is 61.8 Å². The normalized spacial score (nSPS) is 26.6. The Kier molecular flexibility index (Phi) is 5.41. The van der Waals surface area contributed by atoms with Crippen LogP contribution in [0.4, 0.5) is 0 Å². The van der Waals surface area contributed by atoms with Gasteiger partial charge in [0.1, 0.15) is 0 Å². The standard InChI is InChI=1S/C13H24N2O3/c16-13(17)3-6-14-11-4-7-15(8-5-11)10-12-2-1-9-18-12/h11-12,14H,1-10H2,(H,16,17)/t12-/m0/s1. The Hall–Kier alpha value is -0.650. The van der Waals surface area contributed by atoms with Gasteiger partial charge in [0.2, 0.25) is 0 Å². The highest BCUT2D eigenvalue weighted by molar-refractivity contribution is 5.66. The summed E-state index contributed by atoms with van der Waals surface area (Å²) >= 11 is 0. The predicted molar refractivity (Wildman–Crippen MR) is 68.7 cm³/mol. The van der Waals surface area contributed by atoms with Crippen molar-refractivity contribution in [1.29, 1.82) is 0 Å². The van der Waals surface area contributed by atoms with Gasteiger partial charge < -0.3 is 20.1 Å². The van der Waals surface area contributed by atoms with Crippen molar-refractivity contribution in [3.8, 4) is 0 Å². The van der Waals surface area contributed by atoms with Crippen LogP contribution in [-0.2, 0) is 9.53 Å². The number of carboxylic acids is 1. The maximum absolute atomic E-state index is 10.4. The molecule has 2 fully saturated rings. The van der Waals surface area contributed by atoms with E-state index in [0.717, 1.165) is 39.1 Å². The molecule has 2 rings (SSSR count). The molecule has 1 atom stereocenters. The van der Waals surface area contributed by atoms with Gasteiger partial charge in [0, 0.05) is 25.7 Å². The molecule has 0 amide bonds. The number of hydrogen-bond acceptors (Lipinski definition) is 4. The molecule has 5 nitrogen and oxygen atoms in total. The first-order valence-electron chi connectivity index (χ1n) is 7.03. The third kappa shape index (κ3) is 4.55. The smallest absolute Gasteiger partial charge is 0.304 e. The van der Waals surface area contributed by atoms with Crippen molar-refractivity contribution < 1.29 is 14.6 Å². The van der Waals surface area contributed by atoms with Crippen LogP contribution in [0.2, 0.25) is 0 Å². The number of likely N-dealkylation sites (tertiary alicyclic amines) is 1. The van der Waals surface area contributed by atoms with Crippen LogP contribution in [0.25, 0.3) is 0 Å². The van der Waals surface area contributed by atoms with Crippen LogP contribution >= 0.6 is 0 Å². The van der Waals surface area contributed by atoms with Gasteiger partial charge in [-0.2, -0.15) is 0 Å². The van der Waals surface area contributed by atoms with Crippen LogP contribution in [-0.4, -0.2) is 60.9 Å². The molecule has 0 radical (unpaired) electrons. The minimum Gasteiger partial charge on any atom is -0.481 e. The van der Waals surface area contributed by atoms with E-state index in [1.807, 2.05) is 0 Å². The molecular weight excluding hydrogens is 232 g/mol. The lowest BCUT2D eigenvalue weighted by atomic mass is 10.0. The second-order valence-corrected chi connectivity index (χ2v) is 5.31. The van der Waals surface area contributed by atoms with Gasteiger partial charge >= 0.3 is 5.97 Å². The average molecular weight is 256 g/mol. The van der Waals surface area contributed by atoms with E-state index in [0.29, 0.717) is 18.7 Å². The van der Waals surface area contributed by atoms with Gasteiger partial charge in [0.05, 0.1) is 12.5 Å². The fraction of sp³-hybridized carbons (Fsp3) is 0.923. The second kappa shape index (κ2) is 7.07. The van der Waals surface area contributed by atoms with E-state index in [4.69, 9.17) is 9.84 Å². The molecule has 0 saturated carbocycles. The van der Waals surface area contributed by atoms with Gasteiger partial charge in [-0.1, -0.05) is 0 Å². The number of rotatable bonds is 6. The van der Waals surface area contributed by atoms with Crippen molar-refractivity contribution in [2.24, 2.45) is 0 Å². The van der Waals surface area contributed by atoms with Crippen molar-refractivity contribution in [3.05, 3.63) is 0 Å². The largest absolute Gasteiger partial charge is 0.481 e. The SMILES string of the molecule is O=C(O)CCNC1CCN(C[C@@H]2CCCO2)CC1. The minimum atomic E-state index is -0.724. The van der Waals surface area contributed by atoms with Crippen LogP contribution in [0.3, 0.4) is 0 Å². The summed E-state index contributed by atoms with van der Waals surface area (Å²) in [7, 11) is 0. The third-order valence-corrected chi connectivity index (χ3v) is 3.85. The number of ether oxygens (including phenoxy) is 1. The fourth-order valence-corrected chi connectivity index (χ4v) is 2.78. The monoisotopic (exact) mass is 256 g/mol. The Morgan fingerprint density at radius 2 is 2.11 bits per heavy atom. The molecule has 0 bridgehead atoms. The van der Waals surface area contributed by atoms with Crippen LogP contribution in [0.1, 0.15) is 32.1 Å². The molecule has 2 aliphatic heterocycles. The lowest BCUT2D eigenvalue weighted by Gasteiger charge is -2.33. The summed E-state index contributed by atoms with van der Waals surface area (Å²) in [5.41, 5.74) is 0. The Balaban J connectivity index is 1.57. The zero-order valence-corrected chi connectivity index (χ0v) is 10.9. The molecule has 104 valence electrons. The number of hydrogen-bond donors (Lipinski definition) is 2. The van der Waals surface area contributed by atoms with Crippen LogP contribution in [0.5, 0.6) is 0 Å². The lowest BCUT2D eigenvalue weighted by Crippen LogP contribution is -2.45. The summed E-state index contributed by atoms with van der Waals surface area (Å²) in [4.78, 5) is 12.9. The Bertz CT molecular complexity index is 259. The zero-order valence-electron chi connectivity index (χ0n) is 10.9. The summed E-state index contributed by atoms with van der Waals surface area (Å²) in [6.45, 7) is 4.79. The van der Waals surface area contributed by atoms with E-state index in [9.17, 15) is 4.79 Å². The first-order valence-corrected chi connectivity index (χ1v) is 7.03. The summed E-state index contributed by atoms with van der Waals surface area (Å²) in [5, 5.41) is 11.9. The van der Waals surface area contributed by atoms with E-state index in [1.165, 1.54) is 12.8 Å². The maximum atomic E-state index is 10.4. The molecule has 2 N–H and O–H groups in total. The van der Waals surface area contributed by atoms with Crippen LogP contribution in [0, 0.1) is 0 Å². The minimum absolute atomic E-state index is 0.218. The molecule has 2 heterocycles. The van der Waals surface area contributed by atoms with E-state index >= 15 is 0 Å². The van der Waals surface area contributed by atoms with E-state index in [-0.39, 0.29) is 6.42 Å². The fourth-order valence-electron chi connectivity index (χ4n) is 2.78. The molecule has 0 aromatic rings. The van der Waals surface area contributed by atoms with Gasteiger partial charge in [-0.25, -0.2) is 0 Å². The van der Waals surface area contributed by atoms with E-state index < -0.39 is 5.97 Å². The van der Waals surface area contributed by atoms with Crippen LogP contribution < -0.4 is 5.32 Å². The van der Waals surface area contributed by atoms with Gasteiger partial charge in [-0.05, 0) is 38.8 Å². The summed E-state index contributed by atoms with van der Waals surface area (Å²) < 4.78 is 5.65. The molecular formula is C13H24N2O3. The lowest BCUT2D eigenvalue weighted by molar-refractivity contribution is -0.136. The molecule has 0 aromatic carbocycles. The predicted octanol–water partition coefficient (Wildman–Crippen LogP) is 0.694. The number of aliphatic carboxylic acids is 1. The Labute approximate surface area is 108 Å². The molecule has 0 spiro atoms. The molecule has 2 saturated heterocycles. The number of carboxylic acid groups (broad SMARTS) is 1. The van der Waals surface area contributed by atoms with Gasteiger partial charge in [0.25, 0.3) is 0 Å². The highest BCUT2D eigenvalue weighted by Gasteiger charge is 2.23. The van der Waals surface area contributed by atoms with Gasteiger partial charge in [0.15, 0.2) is 0 Å². The highest BCUT2D eigenvalue weighted by atomic mass is 16.5. The van der Waals surface area contributed by atoms with Crippen molar-refractivity contribution >= 4 is 5.97 Å². The first-order chi connectivity index (χ1) is 8.74. The number of piperidine rings is 1. The molecule has 5 heteroatoms. The molecule has 0 aromatic heterocycles. The maximum Gasteiger partial charge on any atom is 0.304 e. The summed E-state index contributed by atoms with van der Waals surface area (Å²) in [6, 6.07) is 0.491. The first kappa shape index (κ1) is 13.8. The second-order valence-electron chi connectivity index (χ2n) is 5.31. The Morgan fingerprint density at radius 3 is 2.72 bits per heavy atom. The summed E-state index contributed by atoms with van der Waals surface area (Å²) in [6.07, 6.45) is 5.31. The number of carbonyl (C=O) groups is 1. The van der Waals surface area contributed by atoms with Crippen molar-refractivity contribution in [1.82, 2.24) is 10.2 Å². The van der Waals surface area contributed by atoms with E-state index in [1.54, 1.807) is 0 Å².